The van der Waals surface area contributed by atoms with Gasteiger partial charge in [0.15, 0.2) is 0 Å². The van der Waals surface area contributed by atoms with Crippen molar-refractivity contribution in [1.82, 2.24) is 9.88 Å². The van der Waals surface area contributed by atoms with Gasteiger partial charge in [-0.2, -0.15) is 5.26 Å². The van der Waals surface area contributed by atoms with E-state index in [1.165, 1.54) is 28.8 Å². The average molecular weight is 592 g/mol. The molecule has 1 aliphatic heterocycles. The second-order valence-electron chi connectivity index (χ2n) is 11.8. The maximum absolute atomic E-state index is 13.6. The monoisotopic (exact) mass is 591 g/mol. The maximum atomic E-state index is 13.6. The van der Waals surface area contributed by atoms with E-state index in [2.05, 4.69) is 35.0 Å². The van der Waals surface area contributed by atoms with Crippen molar-refractivity contribution in [1.29, 1.82) is 5.26 Å². The van der Waals surface area contributed by atoms with Gasteiger partial charge in [0.05, 0.1) is 12.2 Å². The van der Waals surface area contributed by atoms with Crippen LogP contribution in [0.3, 0.4) is 0 Å². The van der Waals surface area contributed by atoms with Gasteiger partial charge in [-0.25, -0.2) is 4.39 Å². The molecular formula is C37H38FN3O3. The lowest BCUT2D eigenvalue weighted by Crippen LogP contribution is -2.41. The zero-order valence-corrected chi connectivity index (χ0v) is 25.2. The van der Waals surface area contributed by atoms with E-state index >= 15 is 0 Å². The number of fused-ring (bicyclic) bond motifs is 1. The summed E-state index contributed by atoms with van der Waals surface area (Å²) in [7, 11) is 0. The van der Waals surface area contributed by atoms with Crippen LogP contribution in [0.15, 0.2) is 67.0 Å². The van der Waals surface area contributed by atoms with E-state index in [1.54, 1.807) is 18.5 Å². The molecule has 1 aliphatic carbocycles. The van der Waals surface area contributed by atoms with E-state index in [-0.39, 0.29) is 25.1 Å². The molecule has 7 heteroatoms. The van der Waals surface area contributed by atoms with Gasteiger partial charge < -0.3 is 14.6 Å². The molecule has 0 bridgehead atoms. The number of nitrogens with zero attached hydrogens (tertiary/aromatic N) is 3. The van der Waals surface area contributed by atoms with Crippen LogP contribution >= 0.6 is 0 Å². The molecule has 6 rings (SSSR count). The summed E-state index contributed by atoms with van der Waals surface area (Å²) in [6.07, 6.45) is 9.50. The zero-order chi connectivity index (χ0) is 30.5. The Kier molecular flexibility index (Phi) is 9.20. The number of ether oxygens (including phenoxy) is 2. The Bertz CT molecular complexity index is 1660. The number of aliphatic hydroxyl groups is 1. The minimum absolute atomic E-state index is 0.150. The van der Waals surface area contributed by atoms with E-state index in [0.29, 0.717) is 12.2 Å². The highest BCUT2D eigenvalue weighted by Crippen LogP contribution is 2.41. The molecule has 44 heavy (non-hydrogen) atoms. The summed E-state index contributed by atoms with van der Waals surface area (Å²) in [5.41, 5.74) is 9.25. The number of halogens is 1. The summed E-state index contributed by atoms with van der Waals surface area (Å²) in [4.78, 5) is 6.60. The molecule has 1 aromatic heterocycles. The number of piperidine rings is 1. The van der Waals surface area contributed by atoms with Crippen LogP contribution in [0.4, 0.5) is 4.39 Å². The molecule has 0 amide bonds. The Hall–Kier alpha value is -4.25. The SMILES string of the molecule is Cc1c(COc2cc(OCc3cncc(C#N)c3)c(CN3CCCC[C@H]3CO)c3c2CCC3)cccc1-c1ccc(F)cc1. The van der Waals surface area contributed by atoms with Gasteiger partial charge in [-0.15, -0.1) is 0 Å². The molecule has 2 heterocycles. The Morgan fingerprint density at radius 1 is 0.977 bits per heavy atom. The first kappa shape index (κ1) is 29.8. The van der Waals surface area contributed by atoms with Crippen LogP contribution < -0.4 is 9.47 Å². The van der Waals surface area contributed by atoms with Gasteiger partial charge in [0.1, 0.15) is 36.6 Å². The standard InChI is InChI=1S/C37H38FN3O3/c1-25-29(6-4-8-32(25)28-11-13-30(38)14-12-28)24-44-36-17-37(43-23-27-16-26(18-39)19-40-20-27)35(33-9-5-10-34(33)36)21-41-15-3-2-7-31(41)22-42/h4,6,8,11-14,16-17,19-20,31,42H,2-3,5,7,9-10,15,21-24H2,1H3/t31-/m0/s1. The molecule has 4 aromatic rings. The van der Waals surface area contributed by atoms with E-state index in [4.69, 9.17) is 9.47 Å². The predicted molar refractivity (Wildman–Crippen MR) is 168 cm³/mol. The van der Waals surface area contributed by atoms with Gasteiger partial charge >= 0.3 is 0 Å². The number of pyridine rings is 1. The lowest BCUT2D eigenvalue weighted by atomic mass is 9.96. The van der Waals surface area contributed by atoms with Crippen LogP contribution in [0.5, 0.6) is 11.5 Å². The van der Waals surface area contributed by atoms with Crippen molar-refractivity contribution in [3.8, 4) is 28.7 Å². The van der Waals surface area contributed by atoms with E-state index < -0.39 is 0 Å². The summed E-state index contributed by atoms with van der Waals surface area (Å²) in [5, 5.41) is 19.5. The third-order valence-electron chi connectivity index (χ3n) is 9.06. The van der Waals surface area contributed by atoms with Crippen LogP contribution in [0, 0.1) is 24.1 Å². The molecule has 2 aliphatic rings. The number of likely N-dealkylation sites (tertiary alicyclic amines) is 1. The molecule has 1 N–H and O–H groups in total. The molecule has 0 spiro atoms. The quantitative estimate of drug-likeness (QED) is 0.213. The number of hydrogen-bond donors (Lipinski definition) is 1. The van der Waals surface area contributed by atoms with Crippen LogP contribution in [-0.4, -0.2) is 34.2 Å². The number of benzene rings is 3. The Balaban J connectivity index is 1.31. The van der Waals surface area contributed by atoms with Gasteiger partial charge in [-0.3, -0.25) is 9.88 Å². The molecule has 0 radical (unpaired) electrons. The predicted octanol–water partition coefficient (Wildman–Crippen LogP) is 7.06. The minimum atomic E-state index is -0.248. The van der Waals surface area contributed by atoms with Crippen molar-refractivity contribution >= 4 is 0 Å². The Morgan fingerprint density at radius 3 is 2.61 bits per heavy atom. The summed E-state index contributed by atoms with van der Waals surface area (Å²) in [6, 6.07) is 18.9. The number of aromatic nitrogens is 1. The number of aliphatic hydroxyl groups excluding tert-OH is 1. The molecular weight excluding hydrogens is 553 g/mol. The fourth-order valence-corrected chi connectivity index (χ4v) is 6.63. The Morgan fingerprint density at radius 2 is 1.80 bits per heavy atom. The smallest absolute Gasteiger partial charge is 0.128 e. The van der Waals surface area contributed by atoms with E-state index in [0.717, 1.165) is 90.9 Å². The van der Waals surface area contributed by atoms with Gasteiger partial charge in [0.2, 0.25) is 0 Å². The number of nitriles is 1. The van der Waals surface area contributed by atoms with Crippen molar-refractivity contribution in [2.75, 3.05) is 13.2 Å². The third kappa shape index (κ3) is 6.47. The fourth-order valence-electron chi connectivity index (χ4n) is 6.63. The first-order chi connectivity index (χ1) is 21.5. The fraction of sp³-hybridized carbons (Fsp3) is 0.351. The number of hydrogen-bond acceptors (Lipinski definition) is 6. The molecule has 1 saturated heterocycles. The van der Waals surface area contributed by atoms with Gasteiger partial charge in [-0.1, -0.05) is 36.8 Å². The summed E-state index contributed by atoms with van der Waals surface area (Å²) >= 11 is 0. The number of rotatable bonds is 10. The van der Waals surface area contributed by atoms with Crippen LogP contribution in [0.2, 0.25) is 0 Å². The third-order valence-corrected chi connectivity index (χ3v) is 9.06. The van der Waals surface area contributed by atoms with Crippen molar-refractivity contribution in [2.24, 2.45) is 0 Å². The van der Waals surface area contributed by atoms with Gasteiger partial charge in [0, 0.05) is 42.2 Å². The molecule has 3 aromatic carbocycles. The molecule has 226 valence electrons. The Labute approximate surface area is 258 Å². The highest BCUT2D eigenvalue weighted by atomic mass is 19.1. The van der Waals surface area contributed by atoms with Crippen LogP contribution in [0.25, 0.3) is 11.1 Å². The summed E-state index contributed by atoms with van der Waals surface area (Å²) in [6.45, 7) is 4.60. The maximum Gasteiger partial charge on any atom is 0.128 e. The average Bonchev–Trinajstić information content (AvgIpc) is 3.55. The summed E-state index contributed by atoms with van der Waals surface area (Å²) in [5.74, 6) is 1.37. The molecule has 0 unspecified atom stereocenters. The lowest BCUT2D eigenvalue weighted by Gasteiger charge is -2.35. The second kappa shape index (κ2) is 13.6. The van der Waals surface area contributed by atoms with Crippen molar-refractivity contribution < 1.29 is 19.0 Å². The van der Waals surface area contributed by atoms with Crippen LogP contribution in [0.1, 0.15) is 64.6 Å². The first-order valence-electron chi connectivity index (χ1n) is 15.5. The van der Waals surface area contributed by atoms with Gasteiger partial charge in [0.25, 0.3) is 0 Å². The topological polar surface area (TPSA) is 78.6 Å². The van der Waals surface area contributed by atoms with Gasteiger partial charge in [-0.05, 0) is 97.2 Å². The molecule has 0 saturated carbocycles. The van der Waals surface area contributed by atoms with Crippen molar-refractivity contribution in [3.63, 3.8) is 0 Å². The second-order valence-corrected chi connectivity index (χ2v) is 11.8. The minimum Gasteiger partial charge on any atom is -0.488 e. The zero-order valence-electron chi connectivity index (χ0n) is 25.2. The highest BCUT2D eigenvalue weighted by Gasteiger charge is 2.28. The normalized spacial score (nSPS) is 16.4. The summed E-state index contributed by atoms with van der Waals surface area (Å²) < 4.78 is 26.7. The van der Waals surface area contributed by atoms with Crippen LogP contribution in [-0.2, 0) is 32.6 Å². The molecule has 1 fully saturated rings. The largest absolute Gasteiger partial charge is 0.488 e. The van der Waals surface area contributed by atoms with E-state index in [9.17, 15) is 14.8 Å². The molecule has 1 atom stereocenters. The van der Waals surface area contributed by atoms with Crippen molar-refractivity contribution in [3.05, 3.63) is 112 Å². The first-order valence-corrected chi connectivity index (χ1v) is 15.5. The van der Waals surface area contributed by atoms with Crippen molar-refractivity contribution in [2.45, 2.75) is 71.2 Å². The molecule has 6 nitrogen and oxygen atoms in total. The van der Waals surface area contributed by atoms with E-state index in [1.807, 2.05) is 24.3 Å². The lowest BCUT2D eigenvalue weighted by molar-refractivity contribution is 0.0828. The highest BCUT2D eigenvalue weighted by molar-refractivity contribution is 5.68.